The molecular weight excluding hydrogens is 433 g/mol. The van der Waals surface area contributed by atoms with Gasteiger partial charge in [-0.05, 0) is 48.3 Å². The molecule has 5 unspecified atom stereocenters. The minimum Gasteiger partial charge on any atom is -0.464 e. The summed E-state index contributed by atoms with van der Waals surface area (Å²) >= 11 is 11.7. The van der Waals surface area contributed by atoms with Gasteiger partial charge in [0.25, 0.3) is 0 Å². The van der Waals surface area contributed by atoms with E-state index >= 15 is 0 Å². The Kier molecular flexibility index (Phi) is 5.36. The van der Waals surface area contributed by atoms with E-state index in [0.29, 0.717) is 24.0 Å². The lowest BCUT2D eigenvalue weighted by atomic mass is 10.1. The minimum absolute atomic E-state index is 0.00980. The van der Waals surface area contributed by atoms with E-state index in [2.05, 4.69) is 6.92 Å². The number of nitrogens with zero attached hydrogens (tertiary/aromatic N) is 1. The maximum Gasteiger partial charge on any atom is 0.227 e. The summed E-state index contributed by atoms with van der Waals surface area (Å²) in [4.78, 5) is 15.2. The van der Waals surface area contributed by atoms with Crippen molar-refractivity contribution in [2.75, 3.05) is 11.5 Å². The van der Waals surface area contributed by atoms with Crippen LogP contribution in [0.15, 0.2) is 27.1 Å². The molecule has 5 atom stereocenters. The second-order valence-electron chi connectivity index (χ2n) is 9.43. The molecule has 2 saturated carbocycles. The van der Waals surface area contributed by atoms with Crippen LogP contribution in [-0.2, 0) is 21.2 Å². The first-order chi connectivity index (χ1) is 13.5. The van der Waals surface area contributed by atoms with E-state index in [1.54, 1.807) is 11.0 Å². The SMILES string of the molecule is CC1CC1c1ccc(CN(C(=O)C2C(C=C(Cl)Cl)C2(C)C)C2CCS(=O)(=O)C2)o1. The highest BCUT2D eigenvalue weighted by Crippen LogP contribution is 2.60. The van der Waals surface area contributed by atoms with E-state index in [4.69, 9.17) is 27.6 Å². The van der Waals surface area contributed by atoms with Crippen LogP contribution in [0.2, 0.25) is 0 Å². The van der Waals surface area contributed by atoms with Crippen molar-refractivity contribution < 1.29 is 17.6 Å². The van der Waals surface area contributed by atoms with Gasteiger partial charge < -0.3 is 9.32 Å². The standard InChI is InChI=1S/C21H27Cl2NO4S/c1-12-8-15(12)17-5-4-14(28-17)10-24(13-6-7-29(26,27)11-13)20(25)19-16(9-18(22)23)21(19,2)3/h4-5,9,12-13,15-16,19H,6-8,10-11H2,1-3H3. The summed E-state index contributed by atoms with van der Waals surface area (Å²) in [5.41, 5.74) is -0.264. The quantitative estimate of drug-likeness (QED) is 0.627. The predicted octanol–water partition coefficient (Wildman–Crippen LogP) is 4.51. The number of furan rings is 1. The van der Waals surface area contributed by atoms with Crippen molar-refractivity contribution >= 4 is 38.9 Å². The summed E-state index contributed by atoms with van der Waals surface area (Å²) in [5.74, 6) is 2.51. The summed E-state index contributed by atoms with van der Waals surface area (Å²) in [6.07, 6.45) is 3.31. The smallest absolute Gasteiger partial charge is 0.227 e. The molecule has 29 heavy (non-hydrogen) atoms. The van der Waals surface area contributed by atoms with Gasteiger partial charge in [-0.1, -0.05) is 44.0 Å². The summed E-state index contributed by atoms with van der Waals surface area (Å²) in [6, 6.07) is 3.57. The van der Waals surface area contributed by atoms with E-state index in [1.165, 1.54) is 0 Å². The fourth-order valence-corrected chi connectivity index (χ4v) is 6.75. The normalized spacial score (nSPS) is 33.9. The van der Waals surface area contributed by atoms with Crippen LogP contribution in [0.25, 0.3) is 0 Å². The second-order valence-corrected chi connectivity index (χ2v) is 12.7. The molecule has 2 aliphatic carbocycles. The molecule has 0 bridgehead atoms. The summed E-state index contributed by atoms with van der Waals surface area (Å²) in [6.45, 7) is 6.50. The van der Waals surface area contributed by atoms with Crippen LogP contribution in [0.4, 0.5) is 0 Å². The lowest BCUT2D eigenvalue weighted by Crippen LogP contribution is -2.42. The van der Waals surface area contributed by atoms with Crippen LogP contribution in [0.1, 0.15) is 51.1 Å². The van der Waals surface area contributed by atoms with Gasteiger partial charge in [0.2, 0.25) is 5.91 Å². The number of sulfone groups is 1. The highest BCUT2D eigenvalue weighted by molar-refractivity contribution is 7.91. The Balaban J connectivity index is 1.56. The number of carbonyl (C=O) groups is 1. The molecule has 3 fully saturated rings. The molecule has 1 aromatic rings. The fraction of sp³-hybridized carbons (Fsp3) is 0.667. The van der Waals surface area contributed by atoms with E-state index in [0.717, 1.165) is 12.2 Å². The largest absolute Gasteiger partial charge is 0.464 e. The molecule has 0 N–H and O–H groups in total. The molecule has 1 amide bonds. The van der Waals surface area contributed by atoms with Crippen molar-refractivity contribution in [3.8, 4) is 0 Å². The third-order valence-corrected chi connectivity index (χ3v) is 8.90. The third-order valence-electron chi connectivity index (χ3n) is 6.90. The second kappa shape index (κ2) is 7.31. The number of amides is 1. The van der Waals surface area contributed by atoms with E-state index in [1.807, 2.05) is 26.0 Å². The van der Waals surface area contributed by atoms with Gasteiger partial charge in [-0.15, -0.1) is 0 Å². The Morgan fingerprint density at radius 2 is 2.03 bits per heavy atom. The number of hydrogen-bond donors (Lipinski definition) is 0. The van der Waals surface area contributed by atoms with Crippen LogP contribution < -0.4 is 0 Å². The molecule has 1 aliphatic heterocycles. The van der Waals surface area contributed by atoms with E-state index < -0.39 is 9.84 Å². The molecule has 1 aromatic heterocycles. The molecule has 3 aliphatic rings. The lowest BCUT2D eigenvalue weighted by molar-refractivity contribution is -0.136. The Morgan fingerprint density at radius 3 is 2.59 bits per heavy atom. The van der Waals surface area contributed by atoms with E-state index in [-0.39, 0.29) is 51.7 Å². The number of allylic oxidation sites excluding steroid dienone is 1. The van der Waals surface area contributed by atoms with Gasteiger partial charge in [-0.3, -0.25) is 4.79 Å². The van der Waals surface area contributed by atoms with Gasteiger partial charge in [0.15, 0.2) is 9.84 Å². The van der Waals surface area contributed by atoms with Gasteiger partial charge >= 0.3 is 0 Å². The highest BCUT2D eigenvalue weighted by Gasteiger charge is 2.62. The zero-order valence-electron chi connectivity index (χ0n) is 16.9. The molecule has 2 heterocycles. The Morgan fingerprint density at radius 1 is 1.34 bits per heavy atom. The van der Waals surface area contributed by atoms with Crippen molar-refractivity contribution in [2.45, 2.75) is 52.1 Å². The van der Waals surface area contributed by atoms with Gasteiger partial charge in [0.1, 0.15) is 16.0 Å². The molecule has 1 saturated heterocycles. The molecular formula is C21H27Cl2NO4S. The topological polar surface area (TPSA) is 67.6 Å². The molecule has 5 nitrogen and oxygen atoms in total. The Hall–Kier alpha value is -0.980. The zero-order valence-corrected chi connectivity index (χ0v) is 19.2. The summed E-state index contributed by atoms with van der Waals surface area (Å²) in [7, 11) is -3.12. The molecule has 8 heteroatoms. The first-order valence-corrected chi connectivity index (χ1v) is 12.7. The third kappa shape index (κ3) is 4.26. The van der Waals surface area contributed by atoms with Gasteiger partial charge in [0.05, 0.1) is 24.0 Å². The summed E-state index contributed by atoms with van der Waals surface area (Å²) in [5, 5.41) is 0. The maximum atomic E-state index is 13.5. The van der Waals surface area contributed by atoms with Crippen molar-refractivity contribution in [1.82, 2.24) is 4.90 Å². The number of hydrogen-bond acceptors (Lipinski definition) is 4. The average Bonchev–Trinajstić information content (AvgIpc) is 3.26. The van der Waals surface area contributed by atoms with Crippen molar-refractivity contribution in [2.24, 2.45) is 23.2 Å². The van der Waals surface area contributed by atoms with Gasteiger partial charge in [-0.25, -0.2) is 8.42 Å². The van der Waals surface area contributed by atoms with Gasteiger partial charge in [-0.2, -0.15) is 0 Å². The van der Waals surface area contributed by atoms with E-state index in [9.17, 15) is 13.2 Å². The van der Waals surface area contributed by atoms with Crippen LogP contribution in [0.5, 0.6) is 0 Å². The monoisotopic (exact) mass is 459 g/mol. The molecule has 4 rings (SSSR count). The average molecular weight is 460 g/mol. The first kappa shape index (κ1) is 21.3. The Labute approximate surface area is 182 Å². The highest BCUT2D eigenvalue weighted by atomic mass is 35.5. The Bertz CT molecular complexity index is 948. The van der Waals surface area contributed by atoms with Crippen LogP contribution in [-0.4, -0.2) is 36.8 Å². The predicted molar refractivity (Wildman–Crippen MR) is 113 cm³/mol. The number of halogens is 2. The van der Waals surface area contributed by atoms with Crippen LogP contribution >= 0.6 is 23.2 Å². The minimum atomic E-state index is -3.12. The molecule has 0 aromatic carbocycles. The molecule has 0 radical (unpaired) electrons. The van der Waals surface area contributed by atoms with Crippen molar-refractivity contribution in [1.29, 1.82) is 0 Å². The zero-order chi connectivity index (χ0) is 21.1. The molecule has 160 valence electrons. The van der Waals surface area contributed by atoms with Crippen LogP contribution in [0, 0.1) is 23.2 Å². The van der Waals surface area contributed by atoms with Crippen molar-refractivity contribution in [3.63, 3.8) is 0 Å². The lowest BCUT2D eigenvalue weighted by Gasteiger charge is -2.28. The summed E-state index contributed by atoms with van der Waals surface area (Å²) < 4.78 is 30.3. The number of carbonyl (C=O) groups excluding carboxylic acids is 1. The van der Waals surface area contributed by atoms with Crippen LogP contribution in [0.3, 0.4) is 0 Å². The maximum absolute atomic E-state index is 13.5. The fourth-order valence-electron chi connectivity index (χ4n) is 4.75. The number of rotatable bonds is 6. The molecule has 0 spiro atoms. The van der Waals surface area contributed by atoms with Gasteiger partial charge in [0, 0.05) is 12.0 Å². The first-order valence-electron chi connectivity index (χ1n) is 10.1. The van der Waals surface area contributed by atoms with Crippen molar-refractivity contribution in [3.05, 3.63) is 34.2 Å².